The molecule has 1 aromatic carbocycles. The van der Waals surface area contributed by atoms with Crippen LogP contribution in [-0.4, -0.2) is 6.61 Å². The third kappa shape index (κ3) is 3.78. The van der Waals surface area contributed by atoms with E-state index in [1.807, 2.05) is 12.1 Å². The predicted molar refractivity (Wildman–Crippen MR) is 66.1 cm³/mol. The number of hydrogen-bond donors (Lipinski definition) is 0. The van der Waals surface area contributed by atoms with E-state index in [-0.39, 0.29) is 0 Å². The van der Waals surface area contributed by atoms with Gasteiger partial charge in [-0.1, -0.05) is 39.5 Å². The number of ether oxygens (including phenoxy) is 1. The molecule has 0 heterocycles. The van der Waals surface area contributed by atoms with Crippen LogP contribution in [0.1, 0.15) is 32.8 Å². The molecule has 1 nitrogen and oxygen atoms in total. The van der Waals surface area contributed by atoms with E-state index in [4.69, 9.17) is 4.74 Å². The minimum Gasteiger partial charge on any atom is -0.493 e. The van der Waals surface area contributed by atoms with Gasteiger partial charge in [-0.3, -0.25) is 0 Å². The molecule has 0 unspecified atom stereocenters. The van der Waals surface area contributed by atoms with Gasteiger partial charge in [0, 0.05) is 0 Å². The molecule has 1 heteroatoms. The molecule has 15 heavy (non-hydrogen) atoms. The maximum absolute atomic E-state index is 5.61. The molecule has 0 aliphatic carbocycles. The van der Waals surface area contributed by atoms with Crippen molar-refractivity contribution in [1.82, 2.24) is 0 Å². The third-order valence-corrected chi connectivity index (χ3v) is 2.27. The van der Waals surface area contributed by atoms with Gasteiger partial charge in [-0.2, -0.15) is 0 Å². The van der Waals surface area contributed by atoms with Crippen molar-refractivity contribution < 1.29 is 4.74 Å². The molecule has 1 rings (SSSR count). The van der Waals surface area contributed by atoms with Crippen LogP contribution in [0.15, 0.2) is 30.8 Å². The zero-order chi connectivity index (χ0) is 11.3. The lowest BCUT2D eigenvalue weighted by Crippen LogP contribution is -2.04. The summed E-state index contributed by atoms with van der Waals surface area (Å²) in [6.45, 7) is 11.2. The number of benzene rings is 1. The van der Waals surface area contributed by atoms with E-state index in [1.54, 1.807) is 0 Å². The van der Waals surface area contributed by atoms with Crippen molar-refractivity contribution in [1.29, 1.82) is 0 Å². The van der Waals surface area contributed by atoms with Crippen molar-refractivity contribution >= 4 is 5.57 Å². The maximum atomic E-state index is 5.61. The number of allylic oxidation sites excluding steroid dienone is 1. The van der Waals surface area contributed by atoms with Crippen LogP contribution in [0.3, 0.4) is 0 Å². The van der Waals surface area contributed by atoms with Gasteiger partial charge in [0.15, 0.2) is 0 Å². The van der Waals surface area contributed by atoms with Gasteiger partial charge in [-0.25, -0.2) is 0 Å². The molecule has 0 spiro atoms. The summed E-state index contributed by atoms with van der Waals surface area (Å²) in [7, 11) is 0. The Morgan fingerprint density at radius 2 is 1.87 bits per heavy atom. The van der Waals surface area contributed by atoms with Gasteiger partial charge in [0.05, 0.1) is 6.61 Å². The molecule has 0 amide bonds. The lowest BCUT2D eigenvalue weighted by molar-refractivity contribution is 0.271. The van der Waals surface area contributed by atoms with Crippen molar-refractivity contribution in [2.45, 2.75) is 27.2 Å². The molecule has 0 saturated heterocycles. The second kappa shape index (κ2) is 5.59. The maximum Gasteiger partial charge on any atom is 0.119 e. The first kappa shape index (κ1) is 11.8. The summed E-state index contributed by atoms with van der Waals surface area (Å²) in [5.74, 6) is 1.51. The Bertz CT molecular complexity index is 309. The third-order valence-electron chi connectivity index (χ3n) is 2.27. The Morgan fingerprint density at radius 1 is 1.27 bits per heavy atom. The average molecular weight is 204 g/mol. The molecule has 0 aromatic heterocycles. The van der Waals surface area contributed by atoms with Crippen LogP contribution in [0.5, 0.6) is 5.75 Å². The topological polar surface area (TPSA) is 9.23 Å². The van der Waals surface area contributed by atoms with E-state index in [0.29, 0.717) is 5.92 Å². The summed E-state index contributed by atoms with van der Waals surface area (Å²) in [6.07, 6.45) is 0.992. The van der Waals surface area contributed by atoms with Crippen molar-refractivity contribution in [3.05, 3.63) is 36.4 Å². The zero-order valence-electron chi connectivity index (χ0n) is 9.92. The summed E-state index contributed by atoms with van der Waals surface area (Å²) < 4.78 is 5.61. The SMILES string of the molecule is C=C(CC)c1ccc(OCC(C)C)cc1. The fourth-order valence-electron chi connectivity index (χ4n) is 1.25. The first-order valence-electron chi connectivity index (χ1n) is 5.54. The van der Waals surface area contributed by atoms with Crippen LogP contribution in [0.25, 0.3) is 5.57 Å². The summed E-state index contributed by atoms with van der Waals surface area (Å²) >= 11 is 0. The van der Waals surface area contributed by atoms with E-state index in [1.165, 1.54) is 11.1 Å². The predicted octanol–water partition coefficient (Wildman–Crippen LogP) is 4.14. The van der Waals surface area contributed by atoms with Gasteiger partial charge in [0.2, 0.25) is 0 Å². The molecular weight excluding hydrogens is 184 g/mol. The van der Waals surface area contributed by atoms with Crippen LogP contribution in [0.2, 0.25) is 0 Å². The van der Waals surface area contributed by atoms with Gasteiger partial charge in [-0.05, 0) is 35.6 Å². The molecule has 0 saturated carbocycles. The molecule has 0 N–H and O–H groups in total. The first-order valence-corrected chi connectivity index (χ1v) is 5.54. The molecule has 0 atom stereocenters. The van der Waals surface area contributed by atoms with Gasteiger partial charge in [-0.15, -0.1) is 0 Å². The van der Waals surface area contributed by atoms with E-state index in [9.17, 15) is 0 Å². The standard InChI is InChI=1S/C14H20O/c1-5-12(4)13-6-8-14(9-7-13)15-10-11(2)3/h6-9,11H,4-5,10H2,1-3H3. The molecule has 0 radical (unpaired) electrons. The van der Waals surface area contributed by atoms with Gasteiger partial charge >= 0.3 is 0 Å². The zero-order valence-corrected chi connectivity index (χ0v) is 9.92. The van der Waals surface area contributed by atoms with Gasteiger partial charge in [0.1, 0.15) is 5.75 Å². The molecule has 0 bridgehead atoms. The molecule has 82 valence electrons. The number of hydrogen-bond acceptors (Lipinski definition) is 1. The van der Waals surface area contributed by atoms with E-state index in [0.717, 1.165) is 18.8 Å². The highest BCUT2D eigenvalue weighted by Crippen LogP contribution is 2.19. The van der Waals surface area contributed by atoms with Crippen LogP contribution < -0.4 is 4.74 Å². The van der Waals surface area contributed by atoms with Crippen LogP contribution >= 0.6 is 0 Å². The number of rotatable bonds is 5. The van der Waals surface area contributed by atoms with E-state index >= 15 is 0 Å². The molecule has 0 fully saturated rings. The van der Waals surface area contributed by atoms with Gasteiger partial charge < -0.3 is 4.74 Å². The van der Waals surface area contributed by atoms with Crippen LogP contribution in [0, 0.1) is 5.92 Å². The summed E-state index contributed by atoms with van der Waals surface area (Å²) in [5.41, 5.74) is 2.37. The van der Waals surface area contributed by atoms with E-state index in [2.05, 4.69) is 39.5 Å². The smallest absolute Gasteiger partial charge is 0.119 e. The molecule has 0 aliphatic rings. The normalized spacial score (nSPS) is 10.4. The summed E-state index contributed by atoms with van der Waals surface area (Å²) in [4.78, 5) is 0. The second-order valence-corrected chi connectivity index (χ2v) is 4.19. The van der Waals surface area contributed by atoms with Gasteiger partial charge in [0.25, 0.3) is 0 Å². The quantitative estimate of drug-likeness (QED) is 0.700. The van der Waals surface area contributed by atoms with Crippen LogP contribution in [0.4, 0.5) is 0 Å². The lowest BCUT2D eigenvalue weighted by atomic mass is 10.1. The Balaban J connectivity index is 2.60. The highest BCUT2D eigenvalue weighted by atomic mass is 16.5. The molecule has 1 aromatic rings. The monoisotopic (exact) mass is 204 g/mol. The summed E-state index contributed by atoms with van der Waals surface area (Å²) in [5, 5.41) is 0. The fourth-order valence-corrected chi connectivity index (χ4v) is 1.25. The van der Waals surface area contributed by atoms with Crippen LogP contribution in [-0.2, 0) is 0 Å². The van der Waals surface area contributed by atoms with Crippen molar-refractivity contribution in [3.63, 3.8) is 0 Å². The Labute approximate surface area is 92.8 Å². The fraction of sp³-hybridized carbons (Fsp3) is 0.429. The summed E-state index contributed by atoms with van der Waals surface area (Å²) in [6, 6.07) is 8.17. The van der Waals surface area contributed by atoms with Crippen molar-refractivity contribution in [3.8, 4) is 5.75 Å². The highest BCUT2D eigenvalue weighted by molar-refractivity contribution is 5.63. The first-order chi connectivity index (χ1) is 7.13. The highest BCUT2D eigenvalue weighted by Gasteiger charge is 1.99. The molecule has 0 aliphatic heterocycles. The lowest BCUT2D eigenvalue weighted by Gasteiger charge is -2.09. The van der Waals surface area contributed by atoms with Crippen molar-refractivity contribution in [2.24, 2.45) is 5.92 Å². The minimum absolute atomic E-state index is 0.565. The Kier molecular flexibility index (Phi) is 4.41. The molecular formula is C14H20O. The van der Waals surface area contributed by atoms with E-state index < -0.39 is 0 Å². The largest absolute Gasteiger partial charge is 0.493 e. The average Bonchev–Trinajstić information content (AvgIpc) is 2.26. The Morgan fingerprint density at radius 3 is 2.33 bits per heavy atom. The van der Waals surface area contributed by atoms with Crippen molar-refractivity contribution in [2.75, 3.05) is 6.61 Å². The second-order valence-electron chi connectivity index (χ2n) is 4.19. The minimum atomic E-state index is 0.565. The Hall–Kier alpha value is -1.24.